The number of nitrogens with zero attached hydrogens (tertiary/aromatic N) is 5. The summed E-state index contributed by atoms with van der Waals surface area (Å²) in [4.78, 5) is 14.5. The molecule has 2 aromatic rings. The lowest BCUT2D eigenvalue weighted by Crippen LogP contribution is -2.37. The SMILES string of the molecule is O=c1ccc(C2CC2)nn1CC1CCN(c2cc3c(nn2)CCSC3)CC1. The van der Waals surface area contributed by atoms with Gasteiger partial charge in [-0.05, 0) is 55.1 Å². The Kier molecular flexibility index (Phi) is 4.63. The van der Waals surface area contributed by atoms with Crippen LogP contribution in [0, 0.1) is 5.92 Å². The summed E-state index contributed by atoms with van der Waals surface area (Å²) in [6, 6.07) is 5.84. The molecular formula is C20H25N5OS. The first-order valence-corrected chi connectivity index (χ1v) is 11.2. The Labute approximate surface area is 163 Å². The van der Waals surface area contributed by atoms with Crippen LogP contribution in [0.2, 0.25) is 0 Å². The van der Waals surface area contributed by atoms with Crippen LogP contribution >= 0.6 is 11.8 Å². The van der Waals surface area contributed by atoms with E-state index < -0.39 is 0 Å². The quantitative estimate of drug-likeness (QED) is 0.809. The monoisotopic (exact) mass is 383 g/mol. The van der Waals surface area contributed by atoms with Gasteiger partial charge >= 0.3 is 0 Å². The molecule has 0 aromatic carbocycles. The second kappa shape index (κ2) is 7.26. The molecule has 27 heavy (non-hydrogen) atoms. The lowest BCUT2D eigenvalue weighted by Gasteiger charge is -2.33. The van der Waals surface area contributed by atoms with Crippen molar-refractivity contribution < 1.29 is 0 Å². The molecule has 1 saturated heterocycles. The number of fused-ring (bicyclic) bond motifs is 1. The highest BCUT2D eigenvalue weighted by Gasteiger charge is 2.27. The maximum Gasteiger partial charge on any atom is 0.266 e. The van der Waals surface area contributed by atoms with Gasteiger partial charge in [0.2, 0.25) is 0 Å². The van der Waals surface area contributed by atoms with Crippen LogP contribution in [0.4, 0.5) is 5.82 Å². The zero-order valence-corrected chi connectivity index (χ0v) is 16.3. The summed E-state index contributed by atoms with van der Waals surface area (Å²) in [7, 11) is 0. The van der Waals surface area contributed by atoms with Crippen LogP contribution in [-0.2, 0) is 18.7 Å². The fourth-order valence-electron chi connectivity index (χ4n) is 4.07. The van der Waals surface area contributed by atoms with E-state index >= 15 is 0 Å². The van der Waals surface area contributed by atoms with Crippen molar-refractivity contribution in [3.8, 4) is 0 Å². The molecule has 4 heterocycles. The summed E-state index contributed by atoms with van der Waals surface area (Å²) in [5, 5.41) is 13.6. The van der Waals surface area contributed by atoms with Crippen molar-refractivity contribution in [1.82, 2.24) is 20.0 Å². The third-order valence-electron chi connectivity index (χ3n) is 5.94. The molecule has 0 atom stereocenters. The molecule has 2 aliphatic heterocycles. The Balaban J connectivity index is 1.23. The third-order valence-corrected chi connectivity index (χ3v) is 6.95. The number of thioether (sulfide) groups is 1. The number of rotatable bonds is 4. The van der Waals surface area contributed by atoms with Crippen molar-refractivity contribution in [1.29, 1.82) is 0 Å². The minimum atomic E-state index is 0.0277. The minimum Gasteiger partial charge on any atom is -0.355 e. The van der Waals surface area contributed by atoms with Gasteiger partial charge < -0.3 is 4.90 Å². The number of hydrogen-bond acceptors (Lipinski definition) is 6. The zero-order valence-electron chi connectivity index (χ0n) is 15.5. The van der Waals surface area contributed by atoms with Crippen LogP contribution in [0.3, 0.4) is 0 Å². The molecule has 1 aliphatic carbocycles. The lowest BCUT2D eigenvalue weighted by molar-refractivity contribution is 0.332. The van der Waals surface area contributed by atoms with Gasteiger partial charge in [-0.15, -0.1) is 5.10 Å². The molecule has 2 fully saturated rings. The number of aromatic nitrogens is 4. The molecule has 0 bridgehead atoms. The van der Waals surface area contributed by atoms with Gasteiger partial charge in [-0.2, -0.15) is 22.0 Å². The zero-order chi connectivity index (χ0) is 18.2. The van der Waals surface area contributed by atoms with Crippen LogP contribution in [0.25, 0.3) is 0 Å². The molecule has 0 N–H and O–H groups in total. The largest absolute Gasteiger partial charge is 0.355 e. The van der Waals surface area contributed by atoms with Gasteiger partial charge in [-0.1, -0.05) is 0 Å². The topological polar surface area (TPSA) is 63.9 Å². The number of hydrogen-bond donors (Lipinski definition) is 0. The third kappa shape index (κ3) is 3.74. The standard InChI is InChI=1S/C20H25N5OS/c26-20-4-3-18(15-1-2-15)23-25(20)12-14-5-8-24(9-6-14)19-11-16-13-27-10-7-17(16)21-22-19/h3-4,11,14-15H,1-2,5-10,12-13H2. The van der Waals surface area contributed by atoms with Crippen LogP contribution < -0.4 is 10.5 Å². The predicted molar refractivity (Wildman–Crippen MR) is 107 cm³/mol. The van der Waals surface area contributed by atoms with Crippen molar-refractivity contribution in [2.45, 2.75) is 50.3 Å². The average molecular weight is 384 g/mol. The Hall–Kier alpha value is -1.89. The molecule has 0 unspecified atom stereocenters. The first kappa shape index (κ1) is 17.2. The van der Waals surface area contributed by atoms with E-state index in [9.17, 15) is 4.79 Å². The molecule has 0 radical (unpaired) electrons. The van der Waals surface area contributed by atoms with Gasteiger partial charge in [-0.25, -0.2) is 4.68 Å². The Morgan fingerprint density at radius 2 is 1.96 bits per heavy atom. The summed E-state index contributed by atoms with van der Waals surface area (Å²) >= 11 is 1.98. The highest BCUT2D eigenvalue weighted by molar-refractivity contribution is 7.98. The Morgan fingerprint density at radius 1 is 1.11 bits per heavy atom. The fourth-order valence-corrected chi connectivity index (χ4v) is 5.02. The second-order valence-electron chi connectivity index (χ2n) is 7.96. The van der Waals surface area contributed by atoms with Crippen LogP contribution in [0.1, 0.15) is 48.6 Å². The van der Waals surface area contributed by atoms with E-state index in [0.717, 1.165) is 61.9 Å². The molecule has 3 aliphatic rings. The number of piperidine rings is 1. The van der Waals surface area contributed by atoms with Crippen LogP contribution in [0.5, 0.6) is 0 Å². The van der Waals surface area contributed by atoms with Crippen molar-refractivity contribution in [3.05, 3.63) is 45.5 Å². The fraction of sp³-hybridized carbons (Fsp3) is 0.600. The van der Waals surface area contributed by atoms with E-state index in [1.54, 1.807) is 10.7 Å². The molecule has 1 saturated carbocycles. The molecule has 6 nitrogen and oxygen atoms in total. The Morgan fingerprint density at radius 3 is 2.78 bits per heavy atom. The van der Waals surface area contributed by atoms with Crippen LogP contribution in [0.15, 0.2) is 23.0 Å². The normalized spacial score (nSPS) is 20.5. The molecule has 0 amide bonds. The molecule has 2 aromatic heterocycles. The first-order valence-electron chi connectivity index (χ1n) is 10.0. The summed E-state index contributed by atoms with van der Waals surface area (Å²) in [5.41, 5.74) is 3.65. The average Bonchev–Trinajstić information content (AvgIpc) is 3.55. The smallest absolute Gasteiger partial charge is 0.266 e. The van der Waals surface area contributed by atoms with E-state index in [2.05, 4.69) is 26.3 Å². The van der Waals surface area contributed by atoms with Crippen LogP contribution in [-0.4, -0.2) is 38.8 Å². The number of anilines is 1. The Bertz CT molecular complexity index is 886. The molecule has 0 spiro atoms. The first-order chi connectivity index (χ1) is 13.3. The van der Waals surface area contributed by atoms with Gasteiger partial charge in [0.05, 0.1) is 11.4 Å². The maximum absolute atomic E-state index is 12.2. The van der Waals surface area contributed by atoms with Gasteiger partial charge in [0.15, 0.2) is 5.82 Å². The van der Waals surface area contributed by atoms with Gasteiger partial charge in [-0.3, -0.25) is 4.79 Å². The molecule has 5 rings (SSSR count). The molecule has 142 valence electrons. The van der Waals surface area contributed by atoms with Gasteiger partial charge in [0.25, 0.3) is 5.56 Å². The summed E-state index contributed by atoms with van der Waals surface area (Å²) in [6.45, 7) is 2.68. The predicted octanol–water partition coefficient (Wildman–Crippen LogP) is 2.62. The van der Waals surface area contributed by atoms with Crippen molar-refractivity contribution >= 4 is 17.6 Å². The van der Waals surface area contributed by atoms with E-state index in [4.69, 9.17) is 0 Å². The number of aryl methyl sites for hydroxylation is 1. The summed E-state index contributed by atoms with van der Waals surface area (Å²) < 4.78 is 1.70. The van der Waals surface area contributed by atoms with E-state index in [1.807, 2.05) is 17.8 Å². The maximum atomic E-state index is 12.2. The lowest BCUT2D eigenvalue weighted by atomic mass is 9.96. The summed E-state index contributed by atoms with van der Waals surface area (Å²) in [5.74, 6) is 4.31. The highest BCUT2D eigenvalue weighted by atomic mass is 32.2. The van der Waals surface area contributed by atoms with E-state index in [0.29, 0.717) is 11.8 Å². The van der Waals surface area contributed by atoms with Crippen molar-refractivity contribution in [2.75, 3.05) is 23.7 Å². The highest BCUT2D eigenvalue weighted by Crippen LogP contribution is 2.38. The van der Waals surface area contributed by atoms with E-state index in [-0.39, 0.29) is 5.56 Å². The van der Waals surface area contributed by atoms with Crippen molar-refractivity contribution in [2.24, 2.45) is 5.92 Å². The molecule has 7 heteroatoms. The van der Waals surface area contributed by atoms with Crippen molar-refractivity contribution in [3.63, 3.8) is 0 Å². The summed E-state index contributed by atoms with van der Waals surface area (Å²) in [6.07, 6.45) is 5.59. The second-order valence-corrected chi connectivity index (χ2v) is 9.07. The molecular weight excluding hydrogens is 358 g/mol. The van der Waals surface area contributed by atoms with Gasteiger partial charge in [0.1, 0.15) is 0 Å². The van der Waals surface area contributed by atoms with Gasteiger partial charge in [0, 0.05) is 43.8 Å². The van der Waals surface area contributed by atoms with E-state index in [1.165, 1.54) is 24.1 Å². The minimum absolute atomic E-state index is 0.0277.